The van der Waals surface area contributed by atoms with Crippen LogP contribution in [0.2, 0.25) is 0 Å². The molecule has 0 aliphatic rings. The van der Waals surface area contributed by atoms with Gasteiger partial charge in [-0.25, -0.2) is 0 Å². The topological polar surface area (TPSA) is 38.3 Å². The molecular weight excluding hydrogens is 262 g/mol. The third-order valence-corrected chi connectivity index (χ3v) is 3.14. The van der Waals surface area contributed by atoms with E-state index in [1.165, 1.54) is 0 Å². The maximum atomic E-state index is 12.5. The largest absolute Gasteiger partial charge is 0.490 e. The number of anilines is 1. The molecular formula is C18H21NO2. The summed E-state index contributed by atoms with van der Waals surface area (Å²) in [6.45, 7) is 5.96. The highest BCUT2D eigenvalue weighted by Gasteiger charge is 2.14. The molecule has 2 aromatic rings. The maximum absolute atomic E-state index is 12.5. The molecule has 0 aliphatic heterocycles. The summed E-state index contributed by atoms with van der Waals surface area (Å²) in [4.78, 5) is 12.5. The molecule has 0 spiro atoms. The van der Waals surface area contributed by atoms with Crippen molar-refractivity contribution in [2.24, 2.45) is 0 Å². The molecule has 0 aliphatic carbocycles. The lowest BCUT2D eigenvalue weighted by atomic mass is 10.1. The number of nitrogens with one attached hydrogen (secondary N) is 1. The van der Waals surface area contributed by atoms with Crippen molar-refractivity contribution in [1.29, 1.82) is 0 Å². The molecule has 2 rings (SSSR count). The number of carbonyl (C=O) groups excluding carboxylic acids is 1. The fourth-order valence-corrected chi connectivity index (χ4v) is 2.15. The highest BCUT2D eigenvalue weighted by molar-refractivity contribution is 6.06. The summed E-state index contributed by atoms with van der Waals surface area (Å²) in [6.07, 6.45) is 0.905. The van der Waals surface area contributed by atoms with Gasteiger partial charge in [0.2, 0.25) is 0 Å². The van der Waals surface area contributed by atoms with E-state index >= 15 is 0 Å². The minimum absolute atomic E-state index is 0.0295. The van der Waals surface area contributed by atoms with E-state index in [4.69, 9.17) is 4.74 Å². The van der Waals surface area contributed by atoms with Gasteiger partial charge in [-0.1, -0.05) is 37.3 Å². The summed E-state index contributed by atoms with van der Waals surface area (Å²) >= 11 is 0. The van der Waals surface area contributed by atoms with Crippen LogP contribution in [0.25, 0.3) is 0 Å². The van der Waals surface area contributed by atoms with Gasteiger partial charge in [-0.3, -0.25) is 4.79 Å². The van der Waals surface area contributed by atoms with Crippen LogP contribution in [0.4, 0.5) is 5.69 Å². The summed E-state index contributed by atoms with van der Waals surface area (Å²) in [5.74, 6) is 0.464. The van der Waals surface area contributed by atoms with Crippen LogP contribution in [0.5, 0.6) is 5.75 Å². The molecule has 0 atom stereocenters. The Morgan fingerprint density at radius 2 is 1.76 bits per heavy atom. The van der Waals surface area contributed by atoms with E-state index < -0.39 is 0 Å². The van der Waals surface area contributed by atoms with Crippen molar-refractivity contribution in [2.45, 2.75) is 33.3 Å². The van der Waals surface area contributed by atoms with Crippen LogP contribution in [-0.2, 0) is 6.42 Å². The molecule has 1 amide bonds. The van der Waals surface area contributed by atoms with Crippen LogP contribution in [0.3, 0.4) is 0 Å². The van der Waals surface area contributed by atoms with Crippen molar-refractivity contribution >= 4 is 11.6 Å². The van der Waals surface area contributed by atoms with E-state index in [-0.39, 0.29) is 12.0 Å². The van der Waals surface area contributed by atoms with Crippen LogP contribution < -0.4 is 10.1 Å². The first kappa shape index (κ1) is 15.1. The van der Waals surface area contributed by atoms with E-state index in [0.29, 0.717) is 11.3 Å². The first-order chi connectivity index (χ1) is 10.1. The number of aryl methyl sites for hydroxylation is 1. The Kier molecular flexibility index (Phi) is 4.99. The Morgan fingerprint density at radius 3 is 2.48 bits per heavy atom. The fraction of sp³-hybridized carbons (Fsp3) is 0.278. The number of hydrogen-bond acceptors (Lipinski definition) is 2. The second kappa shape index (κ2) is 6.93. The first-order valence-electron chi connectivity index (χ1n) is 7.26. The van der Waals surface area contributed by atoms with E-state index in [9.17, 15) is 4.79 Å². The Balaban J connectivity index is 2.24. The molecule has 0 radical (unpaired) electrons. The molecule has 3 nitrogen and oxygen atoms in total. The van der Waals surface area contributed by atoms with E-state index in [0.717, 1.165) is 17.7 Å². The highest BCUT2D eigenvalue weighted by Crippen LogP contribution is 2.22. The zero-order valence-corrected chi connectivity index (χ0v) is 12.7. The van der Waals surface area contributed by atoms with Gasteiger partial charge in [-0.2, -0.15) is 0 Å². The lowest BCUT2D eigenvalue weighted by molar-refractivity contribution is 0.102. The van der Waals surface area contributed by atoms with Gasteiger partial charge in [0.1, 0.15) is 5.75 Å². The third kappa shape index (κ3) is 3.85. The van der Waals surface area contributed by atoms with Crippen LogP contribution in [0.1, 0.15) is 36.7 Å². The minimum atomic E-state index is -0.146. The quantitative estimate of drug-likeness (QED) is 0.889. The van der Waals surface area contributed by atoms with E-state index in [1.807, 2.05) is 56.3 Å². The average Bonchev–Trinajstić information content (AvgIpc) is 2.47. The van der Waals surface area contributed by atoms with Crippen molar-refractivity contribution in [3.05, 3.63) is 59.7 Å². The third-order valence-electron chi connectivity index (χ3n) is 3.14. The molecule has 0 fully saturated rings. The van der Waals surface area contributed by atoms with Gasteiger partial charge in [0, 0.05) is 5.69 Å². The summed E-state index contributed by atoms with van der Waals surface area (Å²) in [5, 5.41) is 2.97. The Bertz CT molecular complexity index is 620. The maximum Gasteiger partial charge on any atom is 0.259 e. The Hall–Kier alpha value is -2.29. The molecule has 0 saturated heterocycles. The normalized spacial score (nSPS) is 10.5. The van der Waals surface area contributed by atoms with Crippen molar-refractivity contribution < 1.29 is 9.53 Å². The summed E-state index contributed by atoms with van der Waals surface area (Å²) in [7, 11) is 0. The zero-order valence-electron chi connectivity index (χ0n) is 12.7. The number of benzene rings is 2. The Morgan fingerprint density at radius 1 is 1.10 bits per heavy atom. The van der Waals surface area contributed by atoms with Gasteiger partial charge in [0.05, 0.1) is 11.7 Å². The summed E-state index contributed by atoms with van der Waals surface area (Å²) in [5.41, 5.74) is 2.52. The SMILES string of the molecule is CCc1ccccc1NC(=O)c1ccccc1OC(C)C. The smallest absolute Gasteiger partial charge is 0.259 e. The molecule has 0 saturated carbocycles. The number of amides is 1. The molecule has 0 unspecified atom stereocenters. The number of rotatable bonds is 5. The number of hydrogen-bond donors (Lipinski definition) is 1. The van der Waals surface area contributed by atoms with Crippen molar-refractivity contribution in [3.63, 3.8) is 0 Å². The lowest BCUT2D eigenvalue weighted by Crippen LogP contribution is -2.16. The highest BCUT2D eigenvalue weighted by atomic mass is 16.5. The second-order valence-corrected chi connectivity index (χ2v) is 5.13. The predicted molar refractivity (Wildman–Crippen MR) is 86.0 cm³/mol. The van der Waals surface area contributed by atoms with Crippen LogP contribution in [0, 0.1) is 0 Å². The molecule has 0 aromatic heterocycles. The minimum Gasteiger partial charge on any atom is -0.490 e. The molecule has 3 heteroatoms. The van der Waals surface area contributed by atoms with Gasteiger partial charge in [-0.05, 0) is 44.0 Å². The van der Waals surface area contributed by atoms with E-state index in [2.05, 4.69) is 12.2 Å². The van der Waals surface area contributed by atoms with Crippen LogP contribution >= 0.6 is 0 Å². The van der Waals surface area contributed by atoms with Crippen molar-refractivity contribution in [3.8, 4) is 5.75 Å². The van der Waals surface area contributed by atoms with Gasteiger partial charge in [-0.15, -0.1) is 0 Å². The second-order valence-electron chi connectivity index (χ2n) is 5.13. The van der Waals surface area contributed by atoms with Gasteiger partial charge >= 0.3 is 0 Å². The number of ether oxygens (including phenoxy) is 1. The first-order valence-corrected chi connectivity index (χ1v) is 7.26. The standard InChI is InChI=1S/C18H21NO2/c1-4-14-9-5-7-11-16(14)19-18(20)15-10-6-8-12-17(15)21-13(2)3/h5-13H,4H2,1-3H3,(H,19,20). The number of para-hydroxylation sites is 2. The molecule has 0 heterocycles. The summed E-state index contributed by atoms with van der Waals surface area (Å²) in [6, 6.07) is 15.1. The lowest BCUT2D eigenvalue weighted by Gasteiger charge is -2.15. The number of carbonyl (C=O) groups is 1. The van der Waals surface area contributed by atoms with Crippen LogP contribution in [-0.4, -0.2) is 12.0 Å². The van der Waals surface area contributed by atoms with Gasteiger partial charge in [0.15, 0.2) is 0 Å². The summed E-state index contributed by atoms with van der Waals surface area (Å²) < 4.78 is 5.70. The van der Waals surface area contributed by atoms with Crippen molar-refractivity contribution in [2.75, 3.05) is 5.32 Å². The fourth-order valence-electron chi connectivity index (χ4n) is 2.15. The molecule has 0 bridgehead atoms. The van der Waals surface area contributed by atoms with Crippen molar-refractivity contribution in [1.82, 2.24) is 0 Å². The van der Waals surface area contributed by atoms with Gasteiger partial charge in [0.25, 0.3) is 5.91 Å². The van der Waals surface area contributed by atoms with Crippen LogP contribution in [0.15, 0.2) is 48.5 Å². The van der Waals surface area contributed by atoms with Gasteiger partial charge < -0.3 is 10.1 Å². The average molecular weight is 283 g/mol. The predicted octanol–water partition coefficient (Wildman–Crippen LogP) is 4.29. The Labute approximate surface area is 126 Å². The monoisotopic (exact) mass is 283 g/mol. The zero-order chi connectivity index (χ0) is 15.2. The van der Waals surface area contributed by atoms with E-state index in [1.54, 1.807) is 6.07 Å². The molecule has 2 aromatic carbocycles. The molecule has 1 N–H and O–H groups in total. The molecule has 21 heavy (non-hydrogen) atoms. The molecule has 110 valence electrons.